The molecule has 3 aliphatic rings. The second-order valence-corrected chi connectivity index (χ2v) is 14.7. The Hall–Kier alpha value is -4.44. The van der Waals surface area contributed by atoms with Crippen LogP contribution in [-0.2, 0) is 37.4 Å². The predicted octanol–water partition coefficient (Wildman–Crippen LogP) is 6.92. The van der Waals surface area contributed by atoms with Crippen molar-refractivity contribution in [1.82, 2.24) is 10.1 Å². The summed E-state index contributed by atoms with van der Waals surface area (Å²) in [5.41, 5.74) is 0.991. The molecule has 49 heavy (non-hydrogen) atoms. The number of aliphatic hydroxyl groups excluding tert-OH is 1. The number of ether oxygens (including phenoxy) is 2. The number of rotatable bonds is 8. The Balaban J connectivity index is 1.27. The first kappa shape index (κ1) is 33.1. The topological polar surface area (TPSA) is 122 Å². The van der Waals surface area contributed by atoms with Gasteiger partial charge < -0.3 is 24.2 Å². The minimum atomic E-state index is -2.43. The first-order chi connectivity index (χ1) is 23.4. The second kappa shape index (κ2) is 12.5. The average molecular weight is 683 g/mol. The van der Waals surface area contributed by atoms with Gasteiger partial charge in [-0.2, -0.15) is 0 Å². The van der Waals surface area contributed by atoms with Crippen LogP contribution in [0.3, 0.4) is 0 Å². The Bertz CT molecular complexity index is 1960. The fourth-order valence-electron chi connectivity index (χ4n) is 7.16. The summed E-state index contributed by atoms with van der Waals surface area (Å²) in [6.45, 7) is 7.21. The highest BCUT2D eigenvalue weighted by Gasteiger charge is 2.62. The van der Waals surface area contributed by atoms with Gasteiger partial charge in [0.1, 0.15) is 30.3 Å². The van der Waals surface area contributed by atoms with Crippen LogP contribution >= 0.6 is 11.6 Å². The van der Waals surface area contributed by atoms with E-state index < -0.39 is 29.0 Å². The molecule has 3 aliphatic carbocycles. The third kappa shape index (κ3) is 5.73. The number of aliphatic hydroxyl groups is 2. The van der Waals surface area contributed by atoms with Crippen LogP contribution in [0.4, 0.5) is 0 Å². The molecule has 254 valence electrons. The summed E-state index contributed by atoms with van der Waals surface area (Å²) >= 11 is 7.13. The van der Waals surface area contributed by atoms with E-state index in [1.165, 1.54) is 0 Å². The van der Waals surface area contributed by atoms with Crippen molar-refractivity contribution in [3.8, 4) is 11.6 Å². The summed E-state index contributed by atoms with van der Waals surface area (Å²) in [7, 11) is 2.02. The second-order valence-electron chi connectivity index (χ2n) is 14.3. The van der Waals surface area contributed by atoms with E-state index in [0.29, 0.717) is 34.9 Å². The summed E-state index contributed by atoms with van der Waals surface area (Å²) < 4.78 is 17.7. The van der Waals surface area contributed by atoms with Crippen molar-refractivity contribution in [1.29, 1.82) is 0 Å². The van der Waals surface area contributed by atoms with Crippen LogP contribution in [0.2, 0.25) is 5.02 Å². The summed E-state index contributed by atoms with van der Waals surface area (Å²) in [6, 6.07) is 20.8. The molecule has 0 amide bonds. The fraction of sp³-hybridized carbons (Fsp3) is 0.359. The Morgan fingerprint density at radius 1 is 0.959 bits per heavy atom. The van der Waals surface area contributed by atoms with Crippen molar-refractivity contribution >= 4 is 28.9 Å². The largest absolute Gasteiger partial charge is 0.507 e. The van der Waals surface area contributed by atoms with Crippen molar-refractivity contribution in [2.75, 3.05) is 7.05 Å². The summed E-state index contributed by atoms with van der Waals surface area (Å²) in [5.74, 6) is -2.71. The van der Waals surface area contributed by atoms with Crippen molar-refractivity contribution in [2.45, 2.75) is 70.9 Å². The van der Waals surface area contributed by atoms with Gasteiger partial charge in [-0.1, -0.05) is 72.3 Å². The molecule has 10 heteroatoms. The molecule has 3 aromatic carbocycles. The first-order valence-corrected chi connectivity index (χ1v) is 16.9. The lowest BCUT2D eigenvalue weighted by Gasteiger charge is -2.45. The number of ketones is 2. The van der Waals surface area contributed by atoms with Crippen LogP contribution in [0.15, 0.2) is 76.8 Å². The minimum Gasteiger partial charge on any atom is -0.507 e. The molecule has 0 saturated heterocycles. The first-order valence-electron chi connectivity index (χ1n) is 16.5. The lowest BCUT2D eigenvalue weighted by molar-refractivity contribution is -0.138. The van der Waals surface area contributed by atoms with E-state index in [1.807, 2.05) is 73.8 Å². The van der Waals surface area contributed by atoms with E-state index in [2.05, 4.69) is 30.8 Å². The fourth-order valence-corrected chi connectivity index (χ4v) is 7.44. The molecule has 0 aliphatic heterocycles. The van der Waals surface area contributed by atoms with Crippen LogP contribution in [0.1, 0.15) is 71.1 Å². The lowest BCUT2D eigenvalue weighted by Crippen LogP contribution is -2.60. The monoisotopic (exact) mass is 682 g/mol. The van der Waals surface area contributed by atoms with Crippen molar-refractivity contribution < 1.29 is 33.8 Å². The molecule has 1 heterocycles. The van der Waals surface area contributed by atoms with E-state index >= 15 is 0 Å². The standard InChI is InChI=1S/C39H39ClN2O7/c1-38(2,3)42(4)19-25-17-28(47-20-22-11-7-5-8-12-22)31-27(33(25)40)16-24-15-26-18-29-32(36(45)39(26,46)35(44)30(24)34(31)43)37(41-49-29)48-21-23-13-9-6-10-14-23/h5-14,17,24,26,43,46H,15-16,18-21H2,1-4H3/t24-,26+,39+/m1/s1. The van der Waals surface area contributed by atoms with E-state index in [4.69, 9.17) is 25.6 Å². The third-order valence-electron chi connectivity index (χ3n) is 10.2. The molecule has 9 nitrogen and oxygen atoms in total. The van der Waals surface area contributed by atoms with Gasteiger partial charge in [0.2, 0.25) is 11.6 Å². The average Bonchev–Trinajstić information content (AvgIpc) is 3.49. The molecule has 0 radical (unpaired) electrons. The predicted molar refractivity (Wildman–Crippen MR) is 184 cm³/mol. The zero-order chi connectivity index (χ0) is 34.7. The summed E-state index contributed by atoms with van der Waals surface area (Å²) in [4.78, 5) is 30.7. The molecule has 1 aromatic heterocycles. The van der Waals surface area contributed by atoms with Gasteiger partial charge in [-0.15, -0.1) is 0 Å². The molecular weight excluding hydrogens is 644 g/mol. The van der Waals surface area contributed by atoms with Gasteiger partial charge >= 0.3 is 0 Å². The zero-order valence-corrected chi connectivity index (χ0v) is 28.7. The van der Waals surface area contributed by atoms with Gasteiger partial charge in [-0.3, -0.25) is 14.5 Å². The third-order valence-corrected chi connectivity index (χ3v) is 10.7. The van der Waals surface area contributed by atoms with E-state index in [1.54, 1.807) is 0 Å². The molecule has 0 bridgehead atoms. The van der Waals surface area contributed by atoms with E-state index in [-0.39, 0.29) is 60.1 Å². The van der Waals surface area contributed by atoms with Gasteiger partial charge in [0.25, 0.3) is 5.88 Å². The number of halogens is 1. The number of carbonyl (C=O) groups excluding carboxylic acids is 2. The number of nitrogens with zero attached hydrogens (tertiary/aromatic N) is 2. The molecule has 7 rings (SSSR count). The number of aromatic nitrogens is 1. The van der Waals surface area contributed by atoms with Gasteiger partial charge in [0.05, 0.1) is 5.56 Å². The quantitative estimate of drug-likeness (QED) is 0.191. The Kier molecular flexibility index (Phi) is 8.41. The smallest absolute Gasteiger partial charge is 0.265 e. The number of fused-ring (bicyclic) bond motifs is 4. The molecule has 1 fully saturated rings. The molecule has 1 saturated carbocycles. The molecule has 2 N–H and O–H groups in total. The summed E-state index contributed by atoms with van der Waals surface area (Å²) in [6.07, 6.45) is 0.678. The van der Waals surface area contributed by atoms with Gasteiger partial charge in [-0.05, 0) is 80.1 Å². The molecule has 0 unspecified atom stereocenters. The lowest BCUT2D eigenvalue weighted by atomic mass is 9.58. The number of hydrogen-bond acceptors (Lipinski definition) is 9. The van der Waals surface area contributed by atoms with Crippen LogP contribution in [0.25, 0.3) is 5.76 Å². The summed E-state index contributed by atoms with van der Waals surface area (Å²) in [5, 5.41) is 28.5. The normalized spacial score (nSPS) is 21.6. The Morgan fingerprint density at radius 2 is 1.59 bits per heavy atom. The van der Waals surface area contributed by atoms with Gasteiger partial charge in [-0.25, -0.2) is 0 Å². The van der Waals surface area contributed by atoms with Crippen LogP contribution < -0.4 is 9.47 Å². The highest BCUT2D eigenvalue weighted by molar-refractivity contribution is 6.33. The number of benzene rings is 3. The van der Waals surface area contributed by atoms with E-state index in [0.717, 1.165) is 16.7 Å². The number of Topliss-reactive ketones (excluding diaryl/α,β-unsaturated/α-hetero) is 2. The van der Waals surface area contributed by atoms with Crippen molar-refractivity contribution in [2.24, 2.45) is 11.8 Å². The maximum absolute atomic E-state index is 14.4. The van der Waals surface area contributed by atoms with Crippen LogP contribution in [0, 0.1) is 11.8 Å². The van der Waals surface area contributed by atoms with Crippen LogP contribution in [-0.4, -0.2) is 50.0 Å². The molecule has 4 aromatic rings. The zero-order valence-electron chi connectivity index (χ0n) is 28.0. The highest BCUT2D eigenvalue weighted by atomic mass is 35.5. The Labute approximate surface area is 290 Å². The van der Waals surface area contributed by atoms with Crippen molar-refractivity contribution in [3.63, 3.8) is 0 Å². The maximum atomic E-state index is 14.4. The van der Waals surface area contributed by atoms with E-state index in [9.17, 15) is 19.8 Å². The Morgan fingerprint density at radius 3 is 2.22 bits per heavy atom. The molecule has 3 atom stereocenters. The SMILES string of the molecule is CN(Cc1cc(OCc2ccccc2)c2c(c1Cl)C[C@H]1C[C@H]3Cc4onc(OCc5ccccc5)c4C(=O)[C@@]3(O)C(=O)C1=C2O)C(C)(C)C. The number of carbonyl (C=O) groups is 2. The highest BCUT2D eigenvalue weighted by Crippen LogP contribution is 2.53. The number of hydrogen-bond donors (Lipinski definition) is 2. The molecular formula is C39H39ClN2O7. The van der Waals surface area contributed by atoms with Gasteiger partial charge in [0.15, 0.2) is 11.4 Å². The molecule has 0 spiro atoms. The maximum Gasteiger partial charge on any atom is 0.265 e. The van der Waals surface area contributed by atoms with Gasteiger partial charge in [0, 0.05) is 35.0 Å². The van der Waals surface area contributed by atoms with Crippen molar-refractivity contribution in [3.05, 3.63) is 116 Å². The minimum absolute atomic E-state index is 0.00597. The van der Waals surface area contributed by atoms with Crippen LogP contribution in [0.5, 0.6) is 11.6 Å².